The summed E-state index contributed by atoms with van der Waals surface area (Å²) in [6.07, 6.45) is 0.315. The molecule has 2 N–H and O–H groups in total. The molecule has 0 bridgehead atoms. The van der Waals surface area contributed by atoms with Gasteiger partial charge in [0.1, 0.15) is 11.5 Å². The molecule has 2 aromatic rings. The number of benzene rings is 2. The van der Waals surface area contributed by atoms with Crippen LogP contribution in [0.3, 0.4) is 0 Å². The first kappa shape index (κ1) is 13.9. The van der Waals surface area contributed by atoms with Crippen LogP contribution in [0.5, 0.6) is 11.5 Å². The number of carbonyl (C=O) groups excluding carboxylic acids is 1. The van der Waals surface area contributed by atoms with Crippen LogP contribution in [0.25, 0.3) is 0 Å². The zero-order chi connectivity index (χ0) is 14.4. The number of methoxy groups -OCH3 is 1. The molecule has 0 aliphatic carbocycles. The van der Waals surface area contributed by atoms with Gasteiger partial charge in [-0.15, -0.1) is 0 Å². The standard InChI is InChI=1S/C16H17NO3/c1-20-15-4-2-3-13(9-15)10-16(19)17-11-12-5-7-14(18)8-6-12/h2-9,18H,10-11H2,1H3,(H,17,19). The lowest BCUT2D eigenvalue weighted by atomic mass is 10.1. The van der Waals surface area contributed by atoms with Crippen molar-refractivity contribution in [2.75, 3.05) is 7.11 Å². The maximum atomic E-state index is 11.9. The van der Waals surface area contributed by atoms with Crippen molar-refractivity contribution in [1.29, 1.82) is 0 Å². The Morgan fingerprint density at radius 2 is 1.90 bits per heavy atom. The van der Waals surface area contributed by atoms with Crippen LogP contribution >= 0.6 is 0 Å². The number of amides is 1. The fourth-order valence-electron chi connectivity index (χ4n) is 1.84. The van der Waals surface area contributed by atoms with Gasteiger partial charge in [-0.05, 0) is 35.4 Å². The van der Waals surface area contributed by atoms with Gasteiger partial charge in [-0.2, -0.15) is 0 Å². The normalized spacial score (nSPS) is 10.1. The Hall–Kier alpha value is -2.49. The lowest BCUT2D eigenvalue weighted by Crippen LogP contribution is -2.24. The molecule has 0 heterocycles. The molecule has 104 valence electrons. The second-order valence-electron chi connectivity index (χ2n) is 4.47. The fourth-order valence-corrected chi connectivity index (χ4v) is 1.84. The van der Waals surface area contributed by atoms with E-state index in [1.165, 1.54) is 0 Å². The van der Waals surface area contributed by atoms with Crippen LogP contribution in [-0.2, 0) is 17.8 Å². The maximum absolute atomic E-state index is 11.9. The minimum atomic E-state index is -0.0497. The average molecular weight is 271 g/mol. The summed E-state index contributed by atoms with van der Waals surface area (Å²) in [6, 6.07) is 14.2. The fraction of sp³-hybridized carbons (Fsp3) is 0.188. The molecular formula is C16H17NO3. The summed E-state index contributed by atoms with van der Waals surface area (Å²) in [5, 5.41) is 12.0. The van der Waals surface area contributed by atoms with Crippen molar-refractivity contribution in [3.63, 3.8) is 0 Å². The molecule has 0 atom stereocenters. The highest BCUT2D eigenvalue weighted by atomic mass is 16.5. The third kappa shape index (κ3) is 4.02. The predicted molar refractivity (Wildman–Crippen MR) is 76.7 cm³/mol. The highest BCUT2D eigenvalue weighted by Gasteiger charge is 2.04. The Morgan fingerprint density at radius 3 is 2.60 bits per heavy atom. The first-order valence-corrected chi connectivity index (χ1v) is 6.35. The summed E-state index contributed by atoms with van der Waals surface area (Å²) in [5.41, 5.74) is 1.86. The van der Waals surface area contributed by atoms with Gasteiger partial charge in [0.05, 0.1) is 13.5 Å². The largest absolute Gasteiger partial charge is 0.508 e. The van der Waals surface area contributed by atoms with E-state index in [1.54, 1.807) is 31.4 Å². The summed E-state index contributed by atoms with van der Waals surface area (Å²) in [5.74, 6) is 0.914. The Balaban J connectivity index is 1.87. The first-order chi connectivity index (χ1) is 9.67. The van der Waals surface area contributed by atoms with Gasteiger partial charge in [-0.1, -0.05) is 24.3 Å². The van der Waals surface area contributed by atoms with Gasteiger partial charge in [0.15, 0.2) is 0 Å². The van der Waals surface area contributed by atoms with E-state index in [0.717, 1.165) is 16.9 Å². The van der Waals surface area contributed by atoms with Gasteiger partial charge in [0.2, 0.25) is 5.91 Å². The van der Waals surface area contributed by atoms with Crippen molar-refractivity contribution in [2.24, 2.45) is 0 Å². The second-order valence-corrected chi connectivity index (χ2v) is 4.47. The second kappa shape index (κ2) is 6.61. The number of aromatic hydroxyl groups is 1. The van der Waals surface area contributed by atoms with E-state index in [1.807, 2.05) is 24.3 Å². The van der Waals surface area contributed by atoms with Gasteiger partial charge >= 0.3 is 0 Å². The summed E-state index contributed by atoms with van der Waals surface area (Å²) in [7, 11) is 1.60. The summed E-state index contributed by atoms with van der Waals surface area (Å²) in [6.45, 7) is 0.448. The Labute approximate surface area is 118 Å². The molecule has 4 nitrogen and oxygen atoms in total. The van der Waals surface area contributed by atoms with Crippen LogP contribution in [0, 0.1) is 0 Å². The van der Waals surface area contributed by atoms with Gasteiger partial charge in [0, 0.05) is 6.54 Å². The Kier molecular flexibility index (Phi) is 4.60. The van der Waals surface area contributed by atoms with Gasteiger partial charge in [0.25, 0.3) is 0 Å². The van der Waals surface area contributed by atoms with Crippen LogP contribution in [0.4, 0.5) is 0 Å². The van der Waals surface area contributed by atoms with Crippen LogP contribution in [0.2, 0.25) is 0 Å². The first-order valence-electron chi connectivity index (χ1n) is 6.35. The molecule has 0 saturated carbocycles. The SMILES string of the molecule is COc1cccc(CC(=O)NCc2ccc(O)cc2)c1. The number of rotatable bonds is 5. The van der Waals surface area contributed by atoms with Gasteiger partial charge < -0.3 is 15.2 Å². The Morgan fingerprint density at radius 1 is 1.15 bits per heavy atom. The highest BCUT2D eigenvalue weighted by Crippen LogP contribution is 2.13. The van der Waals surface area contributed by atoms with Crippen LogP contribution in [0.1, 0.15) is 11.1 Å². The van der Waals surface area contributed by atoms with Crippen molar-refractivity contribution in [2.45, 2.75) is 13.0 Å². The van der Waals surface area contributed by atoms with E-state index < -0.39 is 0 Å². The van der Waals surface area contributed by atoms with Crippen molar-refractivity contribution in [3.05, 3.63) is 59.7 Å². The molecular weight excluding hydrogens is 254 g/mol. The smallest absolute Gasteiger partial charge is 0.224 e. The highest BCUT2D eigenvalue weighted by molar-refractivity contribution is 5.78. The molecule has 0 aliphatic rings. The lowest BCUT2D eigenvalue weighted by molar-refractivity contribution is -0.120. The molecule has 4 heteroatoms. The van der Waals surface area contributed by atoms with Crippen molar-refractivity contribution in [3.8, 4) is 11.5 Å². The number of phenols is 1. The third-order valence-electron chi connectivity index (χ3n) is 2.92. The number of nitrogens with one attached hydrogen (secondary N) is 1. The molecule has 0 aliphatic heterocycles. The quantitative estimate of drug-likeness (QED) is 0.877. The van der Waals surface area contributed by atoms with E-state index >= 15 is 0 Å². The summed E-state index contributed by atoms with van der Waals surface area (Å²) in [4.78, 5) is 11.9. The van der Waals surface area contributed by atoms with Crippen molar-refractivity contribution in [1.82, 2.24) is 5.32 Å². The van der Waals surface area contributed by atoms with E-state index in [9.17, 15) is 9.90 Å². The molecule has 0 fully saturated rings. The van der Waals surface area contributed by atoms with Crippen LogP contribution in [0.15, 0.2) is 48.5 Å². The van der Waals surface area contributed by atoms with Crippen LogP contribution in [-0.4, -0.2) is 18.1 Å². The molecule has 0 aromatic heterocycles. The minimum absolute atomic E-state index is 0.0497. The topological polar surface area (TPSA) is 58.6 Å². The molecule has 0 saturated heterocycles. The lowest BCUT2D eigenvalue weighted by Gasteiger charge is -2.07. The monoisotopic (exact) mass is 271 g/mol. The predicted octanol–water partition coefficient (Wildman–Crippen LogP) is 2.26. The zero-order valence-corrected chi connectivity index (χ0v) is 11.3. The molecule has 0 unspecified atom stereocenters. The molecule has 0 spiro atoms. The maximum Gasteiger partial charge on any atom is 0.224 e. The van der Waals surface area contributed by atoms with Crippen molar-refractivity contribution >= 4 is 5.91 Å². The number of phenolic OH excluding ortho intramolecular Hbond substituents is 1. The zero-order valence-electron chi connectivity index (χ0n) is 11.3. The van der Waals surface area contributed by atoms with Gasteiger partial charge in [-0.3, -0.25) is 4.79 Å². The number of carbonyl (C=O) groups is 1. The van der Waals surface area contributed by atoms with E-state index in [2.05, 4.69) is 5.32 Å². The molecule has 20 heavy (non-hydrogen) atoms. The minimum Gasteiger partial charge on any atom is -0.508 e. The summed E-state index contributed by atoms with van der Waals surface area (Å²) >= 11 is 0. The Bertz CT molecular complexity index is 579. The molecule has 2 rings (SSSR count). The average Bonchev–Trinajstić information content (AvgIpc) is 2.47. The van der Waals surface area contributed by atoms with E-state index in [0.29, 0.717) is 13.0 Å². The van der Waals surface area contributed by atoms with Gasteiger partial charge in [-0.25, -0.2) is 0 Å². The van der Waals surface area contributed by atoms with Crippen molar-refractivity contribution < 1.29 is 14.6 Å². The molecule has 1 amide bonds. The summed E-state index contributed by atoms with van der Waals surface area (Å²) < 4.78 is 5.12. The van der Waals surface area contributed by atoms with Crippen LogP contribution < -0.4 is 10.1 Å². The third-order valence-corrected chi connectivity index (χ3v) is 2.92. The number of hydrogen-bond acceptors (Lipinski definition) is 3. The number of hydrogen-bond donors (Lipinski definition) is 2. The molecule has 2 aromatic carbocycles. The van der Waals surface area contributed by atoms with E-state index in [-0.39, 0.29) is 11.7 Å². The van der Waals surface area contributed by atoms with E-state index in [4.69, 9.17) is 4.74 Å². The molecule has 0 radical (unpaired) electrons. The number of ether oxygens (including phenoxy) is 1.